The van der Waals surface area contributed by atoms with Gasteiger partial charge in [0.25, 0.3) is 0 Å². The largest absolute Gasteiger partial charge is 0.311 e. The number of nitrogens with one attached hydrogen (secondary N) is 1. The molecule has 1 N–H and O–H groups in total. The minimum Gasteiger partial charge on any atom is -0.311 e. The van der Waals surface area contributed by atoms with Crippen molar-refractivity contribution in [2.45, 2.75) is 58.0 Å². The Bertz CT molecular complexity index is 375. The maximum atomic E-state index is 4.79. The van der Waals surface area contributed by atoms with E-state index in [2.05, 4.69) is 16.9 Å². The Hall–Kier alpha value is -0.830. The highest BCUT2D eigenvalue weighted by Crippen LogP contribution is 2.31. The molecule has 0 unspecified atom stereocenters. The summed E-state index contributed by atoms with van der Waals surface area (Å²) >= 11 is 0. The Balaban J connectivity index is 1.93. The zero-order valence-corrected chi connectivity index (χ0v) is 10.1. The van der Waals surface area contributed by atoms with Gasteiger partial charge in [0.15, 0.2) is 0 Å². The van der Waals surface area contributed by atoms with Crippen molar-refractivity contribution in [2.24, 2.45) is 0 Å². The molecule has 0 saturated heterocycles. The van der Waals surface area contributed by atoms with Gasteiger partial charge in [0, 0.05) is 6.54 Å². The molecule has 0 aromatic carbocycles. The first-order valence-corrected chi connectivity index (χ1v) is 6.64. The molecule has 1 aliphatic heterocycles. The summed E-state index contributed by atoms with van der Waals surface area (Å²) in [4.78, 5) is 0. The molecule has 3 nitrogen and oxygen atoms in total. The molecule has 2 heterocycles. The fourth-order valence-electron chi connectivity index (χ4n) is 3.19. The number of aromatic nitrogens is 2. The van der Waals surface area contributed by atoms with Crippen LogP contribution in [0.2, 0.25) is 0 Å². The summed E-state index contributed by atoms with van der Waals surface area (Å²) in [5.74, 6) is 0. The molecule has 1 fully saturated rings. The van der Waals surface area contributed by atoms with Crippen molar-refractivity contribution in [1.82, 2.24) is 15.1 Å². The number of aryl methyl sites for hydroxylation is 1. The second-order valence-corrected chi connectivity index (χ2v) is 5.17. The Morgan fingerprint density at radius 2 is 2.06 bits per heavy atom. The minimum absolute atomic E-state index is 0.677. The molecule has 0 spiro atoms. The zero-order chi connectivity index (χ0) is 11.0. The van der Waals surface area contributed by atoms with Gasteiger partial charge in [-0.25, -0.2) is 0 Å². The first-order valence-electron chi connectivity index (χ1n) is 6.64. The van der Waals surface area contributed by atoms with Gasteiger partial charge in [-0.3, -0.25) is 4.68 Å². The fourth-order valence-corrected chi connectivity index (χ4v) is 3.19. The van der Waals surface area contributed by atoms with Crippen molar-refractivity contribution in [2.75, 3.05) is 6.54 Å². The molecule has 3 heteroatoms. The van der Waals surface area contributed by atoms with Crippen LogP contribution in [0.5, 0.6) is 0 Å². The lowest BCUT2D eigenvalue weighted by molar-refractivity contribution is 0.318. The van der Waals surface area contributed by atoms with Crippen LogP contribution in [-0.2, 0) is 13.0 Å². The monoisotopic (exact) mass is 219 g/mol. The Labute approximate surface area is 97.2 Å². The second kappa shape index (κ2) is 4.21. The van der Waals surface area contributed by atoms with E-state index in [9.17, 15) is 0 Å². The third kappa shape index (κ3) is 1.67. The molecule has 16 heavy (non-hydrogen) atoms. The Morgan fingerprint density at radius 3 is 2.88 bits per heavy atom. The average Bonchev–Trinajstić information content (AvgIpc) is 2.69. The van der Waals surface area contributed by atoms with Crippen molar-refractivity contribution in [3.63, 3.8) is 0 Å². The normalized spacial score (nSPS) is 22.1. The van der Waals surface area contributed by atoms with Gasteiger partial charge in [0.05, 0.1) is 17.4 Å². The lowest BCUT2D eigenvalue weighted by Crippen LogP contribution is -2.27. The predicted octanol–water partition coefficient (Wildman–Crippen LogP) is 2.34. The molecule has 88 valence electrons. The molecule has 1 aliphatic carbocycles. The molecule has 3 rings (SSSR count). The highest BCUT2D eigenvalue weighted by molar-refractivity contribution is 5.28. The van der Waals surface area contributed by atoms with Crippen LogP contribution in [0.15, 0.2) is 0 Å². The predicted molar refractivity (Wildman–Crippen MR) is 64.5 cm³/mol. The first-order chi connectivity index (χ1) is 7.86. The third-order valence-corrected chi connectivity index (χ3v) is 4.08. The second-order valence-electron chi connectivity index (χ2n) is 5.17. The van der Waals surface area contributed by atoms with E-state index in [0.29, 0.717) is 6.04 Å². The van der Waals surface area contributed by atoms with Gasteiger partial charge in [0.1, 0.15) is 0 Å². The quantitative estimate of drug-likeness (QED) is 0.785. The van der Waals surface area contributed by atoms with Crippen molar-refractivity contribution >= 4 is 0 Å². The summed E-state index contributed by atoms with van der Waals surface area (Å²) in [7, 11) is 0. The van der Waals surface area contributed by atoms with E-state index in [4.69, 9.17) is 5.10 Å². The van der Waals surface area contributed by atoms with Crippen LogP contribution in [0.4, 0.5) is 0 Å². The van der Waals surface area contributed by atoms with E-state index in [1.807, 2.05) is 0 Å². The zero-order valence-electron chi connectivity index (χ0n) is 10.1. The smallest absolute Gasteiger partial charge is 0.0629 e. The molecule has 1 saturated carbocycles. The average molecular weight is 219 g/mol. The van der Waals surface area contributed by atoms with Gasteiger partial charge in [-0.2, -0.15) is 5.10 Å². The molecular weight excluding hydrogens is 198 g/mol. The SMILES string of the molecule is Cc1nn(C2CCCCC2)c2c1CCNC2. The first kappa shape index (κ1) is 10.3. The van der Waals surface area contributed by atoms with E-state index in [1.54, 1.807) is 0 Å². The number of nitrogens with zero attached hydrogens (tertiary/aromatic N) is 2. The summed E-state index contributed by atoms with van der Waals surface area (Å²) in [6.07, 6.45) is 7.99. The summed E-state index contributed by atoms with van der Waals surface area (Å²) in [6, 6.07) is 0.677. The van der Waals surface area contributed by atoms with E-state index >= 15 is 0 Å². The molecule has 1 aromatic rings. The van der Waals surface area contributed by atoms with Gasteiger partial charge in [-0.15, -0.1) is 0 Å². The van der Waals surface area contributed by atoms with Crippen LogP contribution in [0.25, 0.3) is 0 Å². The standard InChI is InChI=1S/C13H21N3/c1-10-12-7-8-14-9-13(12)16(15-10)11-5-3-2-4-6-11/h11,14H,2-9H2,1H3. The topological polar surface area (TPSA) is 29.9 Å². The maximum absolute atomic E-state index is 4.79. The van der Waals surface area contributed by atoms with Crippen LogP contribution in [-0.4, -0.2) is 16.3 Å². The summed E-state index contributed by atoms with van der Waals surface area (Å²) < 4.78 is 2.34. The van der Waals surface area contributed by atoms with Crippen LogP contribution >= 0.6 is 0 Å². The van der Waals surface area contributed by atoms with Gasteiger partial charge in [-0.1, -0.05) is 19.3 Å². The summed E-state index contributed by atoms with van der Waals surface area (Å²) in [5.41, 5.74) is 4.25. The molecule has 0 atom stereocenters. The van der Waals surface area contributed by atoms with Gasteiger partial charge < -0.3 is 5.32 Å². The number of hydrogen-bond donors (Lipinski definition) is 1. The van der Waals surface area contributed by atoms with Crippen molar-refractivity contribution in [3.8, 4) is 0 Å². The molecule has 0 radical (unpaired) electrons. The highest BCUT2D eigenvalue weighted by Gasteiger charge is 2.24. The molecule has 0 amide bonds. The number of fused-ring (bicyclic) bond motifs is 1. The number of rotatable bonds is 1. The molecule has 0 bridgehead atoms. The van der Waals surface area contributed by atoms with E-state index in [1.165, 1.54) is 49.1 Å². The van der Waals surface area contributed by atoms with Gasteiger partial charge >= 0.3 is 0 Å². The van der Waals surface area contributed by atoms with Crippen molar-refractivity contribution in [3.05, 3.63) is 17.0 Å². The van der Waals surface area contributed by atoms with Crippen LogP contribution in [0, 0.1) is 6.92 Å². The lowest BCUT2D eigenvalue weighted by Gasteiger charge is -2.25. The summed E-state index contributed by atoms with van der Waals surface area (Å²) in [5, 5.41) is 8.27. The Morgan fingerprint density at radius 1 is 1.25 bits per heavy atom. The number of hydrogen-bond acceptors (Lipinski definition) is 2. The van der Waals surface area contributed by atoms with Crippen LogP contribution < -0.4 is 5.32 Å². The fraction of sp³-hybridized carbons (Fsp3) is 0.769. The third-order valence-electron chi connectivity index (χ3n) is 4.08. The Kier molecular flexibility index (Phi) is 2.72. The van der Waals surface area contributed by atoms with E-state index in [-0.39, 0.29) is 0 Å². The van der Waals surface area contributed by atoms with Gasteiger partial charge in [-0.05, 0) is 38.3 Å². The van der Waals surface area contributed by atoms with Crippen LogP contribution in [0.1, 0.15) is 55.1 Å². The lowest BCUT2D eigenvalue weighted by atomic mass is 9.95. The van der Waals surface area contributed by atoms with Crippen LogP contribution in [0.3, 0.4) is 0 Å². The summed E-state index contributed by atoms with van der Waals surface area (Å²) in [6.45, 7) is 4.31. The molecule has 1 aromatic heterocycles. The van der Waals surface area contributed by atoms with Gasteiger partial charge in [0.2, 0.25) is 0 Å². The molecular formula is C13H21N3. The van der Waals surface area contributed by atoms with Crippen molar-refractivity contribution < 1.29 is 0 Å². The van der Waals surface area contributed by atoms with E-state index < -0.39 is 0 Å². The van der Waals surface area contributed by atoms with E-state index in [0.717, 1.165) is 19.5 Å². The minimum atomic E-state index is 0.677. The molecule has 2 aliphatic rings. The van der Waals surface area contributed by atoms with Crippen molar-refractivity contribution in [1.29, 1.82) is 0 Å². The highest BCUT2D eigenvalue weighted by atomic mass is 15.3. The maximum Gasteiger partial charge on any atom is 0.0629 e.